The van der Waals surface area contributed by atoms with Gasteiger partial charge in [-0.05, 0) is 47.3 Å². The highest BCUT2D eigenvalue weighted by Gasteiger charge is 2.43. The van der Waals surface area contributed by atoms with Crippen molar-refractivity contribution in [3.8, 4) is 17.2 Å². The molecule has 4 heteroatoms. The Hall–Kier alpha value is -2.23. The van der Waals surface area contributed by atoms with E-state index >= 15 is 0 Å². The lowest BCUT2D eigenvalue weighted by molar-refractivity contribution is 0.0720. The third kappa shape index (κ3) is 2.50. The smallest absolute Gasteiger partial charge is 0.170 e. The van der Waals surface area contributed by atoms with Crippen LogP contribution in [0.3, 0.4) is 0 Å². The maximum absolute atomic E-state index is 13.1. The zero-order valence-corrected chi connectivity index (χ0v) is 14.6. The fourth-order valence-electron chi connectivity index (χ4n) is 4.00. The number of phenols is 3. The van der Waals surface area contributed by atoms with Gasteiger partial charge in [-0.3, -0.25) is 4.79 Å². The third-order valence-electron chi connectivity index (χ3n) is 5.12. The van der Waals surface area contributed by atoms with Crippen LogP contribution < -0.4 is 0 Å². The second-order valence-corrected chi connectivity index (χ2v) is 8.03. The molecule has 2 aromatic carbocycles. The van der Waals surface area contributed by atoms with E-state index in [1.807, 2.05) is 0 Å². The van der Waals surface area contributed by atoms with Crippen LogP contribution in [0.2, 0.25) is 0 Å². The number of benzene rings is 2. The van der Waals surface area contributed by atoms with E-state index in [0.29, 0.717) is 23.3 Å². The van der Waals surface area contributed by atoms with E-state index in [-0.39, 0.29) is 39.8 Å². The molecule has 3 N–H and O–H groups in total. The van der Waals surface area contributed by atoms with Gasteiger partial charge in [-0.15, -0.1) is 0 Å². The zero-order chi connectivity index (χ0) is 17.8. The van der Waals surface area contributed by atoms with Crippen LogP contribution in [0.25, 0.3) is 10.8 Å². The van der Waals surface area contributed by atoms with Crippen LogP contribution in [0.4, 0.5) is 0 Å². The molecule has 1 aliphatic rings. The number of hydrogen-bond acceptors (Lipinski definition) is 4. The van der Waals surface area contributed by atoms with Crippen molar-refractivity contribution < 1.29 is 20.1 Å². The van der Waals surface area contributed by atoms with E-state index in [1.54, 1.807) is 6.07 Å². The molecule has 1 aliphatic carbocycles. The van der Waals surface area contributed by atoms with Crippen molar-refractivity contribution >= 4 is 16.6 Å². The van der Waals surface area contributed by atoms with Gasteiger partial charge < -0.3 is 15.3 Å². The minimum absolute atomic E-state index is 0.0539. The molecule has 128 valence electrons. The van der Waals surface area contributed by atoms with Crippen molar-refractivity contribution in [3.63, 3.8) is 0 Å². The normalized spacial score (nSPS) is 19.7. The Balaban J connectivity index is 2.26. The molecule has 0 saturated carbocycles. The fourth-order valence-corrected chi connectivity index (χ4v) is 4.00. The minimum Gasteiger partial charge on any atom is -0.508 e. The molecular formula is C20H24O4. The van der Waals surface area contributed by atoms with Crippen LogP contribution in [0, 0.1) is 17.3 Å². The van der Waals surface area contributed by atoms with Crippen molar-refractivity contribution in [2.24, 2.45) is 17.3 Å². The van der Waals surface area contributed by atoms with Crippen molar-refractivity contribution in [2.75, 3.05) is 0 Å². The van der Waals surface area contributed by atoms with Gasteiger partial charge in [-0.2, -0.15) is 0 Å². The first-order valence-electron chi connectivity index (χ1n) is 8.36. The molecule has 0 aromatic heterocycles. The number of ketones is 1. The van der Waals surface area contributed by atoms with Crippen LogP contribution in [-0.2, 0) is 6.42 Å². The SMILES string of the molecule is CC(C)CC1C(=O)c2c(cc3cc(O)cc(O)c3c2O)CC1(C)C. The van der Waals surface area contributed by atoms with Crippen molar-refractivity contribution in [1.29, 1.82) is 0 Å². The molecule has 0 radical (unpaired) electrons. The standard InChI is InChI=1S/C20H24O4/c1-10(2)5-14-18(23)17-12(9-20(14,3)4)6-11-7-13(21)8-15(22)16(11)19(17)24/h6-8,10,14,21-22,24H,5,9H2,1-4H3. The van der Waals surface area contributed by atoms with E-state index in [9.17, 15) is 20.1 Å². The molecule has 0 fully saturated rings. The molecular weight excluding hydrogens is 304 g/mol. The van der Waals surface area contributed by atoms with Crippen molar-refractivity contribution in [3.05, 3.63) is 29.3 Å². The van der Waals surface area contributed by atoms with Crippen LogP contribution in [0.15, 0.2) is 18.2 Å². The highest BCUT2D eigenvalue weighted by Crippen LogP contribution is 2.48. The van der Waals surface area contributed by atoms with Crippen molar-refractivity contribution in [1.82, 2.24) is 0 Å². The van der Waals surface area contributed by atoms with Gasteiger partial charge in [0.1, 0.15) is 17.2 Å². The predicted octanol–water partition coefficient (Wildman–Crippen LogP) is 4.38. The van der Waals surface area contributed by atoms with Crippen LogP contribution in [0.1, 0.15) is 50.0 Å². The Bertz CT molecular complexity index is 833. The average molecular weight is 328 g/mol. The molecule has 4 nitrogen and oxygen atoms in total. The summed E-state index contributed by atoms with van der Waals surface area (Å²) in [5.41, 5.74) is 0.904. The Morgan fingerprint density at radius 3 is 2.46 bits per heavy atom. The summed E-state index contributed by atoms with van der Waals surface area (Å²) in [6.07, 6.45) is 1.44. The van der Waals surface area contributed by atoms with Gasteiger partial charge >= 0.3 is 0 Å². The lowest BCUT2D eigenvalue weighted by Crippen LogP contribution is -2.39. The number of carbonyl (C=O) groups is 1. The zero-order valence-electron chi connectivity index (χ0n) is 14.6. The average Bonchev–Trinajstić information content (AvgIpc) is 2.41. The summed E-state index contributed by atoms with van der Waals surface area (Å²) in [7, 11) is 0. The van der Waals surface area contributed by atoms with Gasteiger partial charge in [0.2, 0.25) is 0 Å². The first-order chi connectivity index (χ1) is 11.1. The van der Waals surface area contributed by atoms with Crippen LogP contribution in [0.5, 0.6) is 17.2 Å². The summed E-state index contributed by atoms with van der Waals surface area (Å²) in [6, 6.07) is 4.47. The van der Waals surface area contributed by atoms with Crippen molar-refractivity contribution in [2.45, 2.75) is 40.5 Å². The van der Waals surface area contributed by atoms with E-state index in [0.717, 1.165) is 12.0 Å². The van der Waals surface area contributed by atoms with Gasteiger partial charge in [0.05, 0.1) is 10.9 Å². The summed E-state index contributed by atoms with van der Waals surface area (Å²) in [4.78, 5) is 13.1. The summed E-state index contributed by atoms with van der Waals surface area (Å²) >= 11 is 0. The summed E-state index contributed by atoms with van der Waals surface area (Å²) < 4.78 is 0. The number of aromatic hydroxyl groups is 3. The lowest BCUT2D eigenvalue weighted by atomic mass is 9.63. The molecule has 3 rings (SSSR count). The van der Waals surface area contributed by atoms with Gasteiger partial charge in [0.25, 0.3) is 0 Å². The van der Waals surface area contributed by atoms with E-state index < -0.39 is 0 Å². The molecule has 0 heterocycles. The number of hydrogen-bond donors (Lipinski definition) is 3. The topological polar surface area (TPSA) is 77.8 Å². The lowest BCUT2D eigenvalue weighted by Gasteiger charge is -2.39. The predicted molar refractivity (Wildman–Crippen MR) is 93.7 cm³/mol. The molecule has 2 aromatic rings. The molecule has 0 spiro atoms. The monoisotopic (exact) mass is 328 g/mol. The Morgan fingerprint density at radius 1 is 1.17 bits per heavy atom. The summed E-state index contributed by atoms with van der Waals surface area (Å²) in [6.45, 7) is 8.35. The molecule has 0 amide bonds. The highest BCUT2D eigenvalue weighted by molar-refractivity contribution is 6.10. The number of rotatable bonds is 2. The molecule has 1 atom stereocenters. The first-order valence-corrected chi connectivity index (χ1v) is 8.36. The van der Waals surface area contributed by atoms with E-state index in [1.165, 1.54) is 12.1 Å². The number of phenolic OH excluding ortho intramolecular Hbond substituents is 3. The maximum Gasteiger partial charge on any atom is 0.170 e. The van der Waals surface area contributed by atoms with Gasteiger partial charge in [0, 0.05) is 12.0 Å². The quantitative estimate of drug-likeness (QED) is 0.764. The number of carbonyl (C=O) groups excluding carboxylic acids is 1. The molecule has 24 heavy (non-hydrogen) atoms. The molecule has 0 bridgehead atoms. The van der Waals surface area contributed by atoms with E-state index in [4.69, 9.17) is 0 Å². The summed E-state index contributed by atoms with van der Waals surface area (Å²) in [5.74, 6) is -0.293. The second kappa shape index (κ2) is 5.40. The summed E-state index contributed by atoms with van der Waals surface area (Å²) in [5, 5.41) is 31.3. The number of fused-ring (bicyclic) bond motifs is 2. The molecule has 0 aliphatic heterocycles. The number of Topliss-reactive ketones (excluding diaryl/α,β-unsaturated/α-hetero) is 1. The largest absolute Gasteiger partial charge is 0.508 e. The van der Waals surface area contributed by atoms with Gasteiger partial charge in [-0.25, -0.2) is 0 Å². The maximum atomic E-state index is 13.1. The highest BCUT2D eigenvalue weighted by atomic mass is 16.3. The van der Waals surface area contributed by atoms with E-state index in [2.05, 4.69) is 27.7 Å². The molecule has 0 saturated heterocycles. The van der Waals surface area contributed by atoms with Crippen LogP contribution in [-0.4, -0.2) is 21.1 Å². The van der Waals surface area contributed by atoms with Gasteiger partial charge in [0.15, 0.2) is 5.78 Å². The first kappa shape index (κ1) is 16.6. The fraction of sp³-hybridized carbons (Fsp3) is 0.450. The van der Waals surface area contributed by atoms with Crippen LogP contribution >= 0.6 is 0 Å². The Kier molecular flexibility index (Phi) is 3.74. The van der Waals surface area contributed by atoms with Gasteiger partial charge in [-0.1, -0.05) is 27.7 Å². The second-order valence-electron chi connectivity index (χ2n) is 8.03. The molecule has 1 unspecified atom stereocenters. The Morgan fingerprint density at radius 2 is 1.83 bits per heavy atom. The third-order valence-corrected chi connectivity index (χ3v) is 5.12. The minimum atomic E-state index is -0.219. The Labute approximate surface area is 141 Å².